The van der Waals surface area contributed by atoms with E-state index in [4.69, 9.17) is 0 Å². The Hall–Kier alpha value is -1.91. The summed E-state index contributed by atoms with van der Waals surface area (Å²) in [5.41, 5.74) is 0.970. The molecule has 1 unspecified atom stereocenters. The van der Waals surface area contributed by atoms with E-state index < -0.39 is 0 Å². The Morgan fingerprint density at radius 1 is 1.25 bits per heavy atom. The Bertz CT molecular complexity index is 633. The predicted octanol–water partition coefficient (Wildman–Crippen LogP) is 3.09. The van der Waals surface area contributed by atoms with Gasteiger partial charge in [-0.1, -0.05) is 18.6 Å². The first-order valence-electron chi connectivity index (χ1n) is 7.27. The maximum absolute atomic E-state index is 13.4. The maximum Gasteiger partial charge on any atom is 0.221 e. The van der Waals surface area contributed by atoms with Gasteiger partial charge in [0.25, 0.3) is 0 Å². The number of fused-ring (bicyclic) bond motifs is 1. The third-order valence-corrected chi connectivity index (χ3v) is 4.35. The monoisotopic (exact) mass is 272 g/mol. The van der Waals surface area contributed by atoms with Crippen molar-refractivity contribution in [1.82, 2.24) is 14.8 Å². The van der Waals surface area contributed by atoms with Gasteiger partial charge in [0.1, 0.15) is 5.82 Å². The van der Waals surface area contributed by atoms with E-state index in [2.05, 4.69) is 15.4 Å². The second-order valence-corrected chi connectivity index (χ2v) is 5.65. The first-order chi connectivity index (χ1) is 9.81. The van der Waals surface area contributed by atoms with Gasteiger partial charge < -0.3 is 5.32 Å². The number of hydrogen-bond acceptors (Lipinski definition) is 3. The van der Waals surface area contributed by atoms with E-state index in [9.17, 15) is 4.39 Å². The summed E-state index contributed by atoms with van der Waals surface area (Å²) in [6, 6.07) is 6.89. The van der Waals surface area contributed by atoms with Gasteiger partial charge in [-0.2, -0.15) is 10.1 Å². The number of nitrogens with one attached hydrogen (secondary N) is 1. The molecule has 2 aromatic rings. The highest BCUT2D eigenvalue weighted by atomic mass is 19.1. The molecule has 104 valence electrons. The van der Waals surface area contributed by atoms with Gasteiger partial charge in [0.05, 0.1) is 6.04 Å². The smallest absolute Gasteiger partial charge is 0.221 e. The minimum Gasteiger partial charge on any atom is -0.354 e. The molecule has 2 heterocycles. The van der Waals surface area contributed by atoms with Crippen LogP contribution in [-0.4, -0.2) is 21.3 Å². The van der Waals surface area contributed by atoms with Gasteiger partial charge in [-0.05, 0) is 37.0 Å². The zero-order chi connectivity index (χ0) is 13.5. The molecule has 20 heavy (non-hydrogen) atoms. The fourth-order valence-electron chi connectivity index (χ4n) is 2.98. The Morgan fingerprint density at radius 3 is 2.90 bits per heavy atom. The van der Waals surface area contributed by atoms with Crippen LogP contribution in [0.25, 0.3) is 0 Å². The number of benzene rings is 1. The first-order valence-corrected chi connectivity index (χ1v) is 7.27. The fourth-order valence-corrected chi connectivity index (χ4v) is 2.98. The van der Waals surface area contributed by atoms with Crippen LogP contribution < -0.4 is 5.32 Å². The van der Waals surface area contributed by atoms with Crippen molar-refractivity contribution in [1.29, 1.82) is 0 Å². The van der Waals surface area contributed by atoms with Crippen molar-refractivity contribution in [2.75, 3.05) is 11.9 Å². The molecule has 2 aliphatic rings. The summed E-state index contributed by atoms with van der Waals surface area (Å²) in [6.45, 7) is 0.851. The average molecular weight is 272 g/mol. The Labute approximate surface area is 117 Å². The molecule has 0 bridgehead atoms. The van der Waals surface area contributed by atoms with E-state index in [1.54, 1.807) is 12.1 Å². The lowest BCUT2D eigenvalue weighted by atomic mass is 9.85. The molecule has 1 saturated carbocycles. The first kappa shape index (κ1) is 11.9. The molecule has 0 amide bonds. The van der Waals surface area contributed by atoms with Gasteiger partial charge in [-0.25, -0.2) is 9.07 Å². The number of hydrogen-bond donors (Lipinski definition) is 1. The van der Waals surface area contributed by atoms with Crippen molar-refractivity contribution in [2.24, 2.45) is 0 Å². The van der Waals surface area contributed by atoms with Crippen molar-refractivity contribution < 1.29 is 4.39 Å². The van der Waals surface area contributed by atoms with Crippen LogP contribution in [0.2, 0.25) is 0 Å². The number of nitrogens with zero attached hydrogens (tertiary/aromatic N) is 3. The molecule has 1 fully saturated rings. The highest BCUT2D eigenvalue weighted by Crippen LogP contribution is 2.37. The number of halogens is 1. The quantitative estimate of drug-likeness (QED) is 0.913. The van der Waals surface area contributed by atoms with E-state index in [1.807, 2.05) is 10.7 Å². The molecule has 1 aromatic heterocycles. The molecule has 1 aromatic carbocycles. The predicted molar refractivity (Wildman–Crippen MR) is 74.3 cm³/mol. The van der Waals surface area contributed by atoms with Crippen LogP contribution in [0.4, 0.5) is 10.3 Å². The summed E-state index contributed by atoms with van der Waals surface area (Å²) in [5, 5.41) is 7.98. The summed E-state index contributed by atoms with van der Waals surface area (Å²) in [5.74, 6) is 2.10. The fraction of sp³-hybridized carbons (Fsp3) is 0.467. The third kappa shape index (κ3) is 1.88. The SMILES string of the molecule is Fc1cccc(C2CCNc3nc(C4CCC4)nn32)c1. The van der Waals surface area contributed by atoms with Gasteiger partial charge in [-0.15, -0.1) is 0 Å². The Morgan fingerprint density at radius 2 is 2.15 bits per heavy atom. The highest BCUT2D eigenvalue weighted by molar-refractivity contribution is 5.33. The van der Waals surface area contributed by atoms with E-state index in [-0.39, 0.29) is 11.9 Å². The summed E-state index contributed by atoms with van der Waals surface area (Å²) < 4.78 is 15.4. The summed E-state index contributed by atoms with van der Waals surface area (Å²) >= 11 is 0. The molecule has 0 spiro atoms. The van der Waals surface area contributed by atoms with Crippen molar-refractivity contribution >= 4 is 5.95 Å². The van der Waals surface area contributed by atoms with Gasteiger partial charge >= 0.3 is 0 Å². The van der Waals surface area contributed by atoms with Crippen LogP contribution in [0.15, 0.2) is 24.3 Å². The zero-order valence-electron chi connectivity index (χ0n) is 11.2. The summed E-state index contributed by atoms with van der Waals surface area (Å²) in [7, 11) is 0. The van der Waals surface area contributed by atoms with Gasteiger partial charge in [0.2, 0.25) is 5.95 Å². The van der Waals surface area contributed by atoms with E-state index in [0.717, 1.165) is 30.3 Å². The van der Waals surface area contributed by atoms with Crippen LogP contribution in [0, 0.1) is 5.82 Å². The summed E-state index contributed by atoms with van der Waals surface area (Å²) in [4.78, 5) is 4.62. The van der Waals surface area contributed by atoms with Crippen LogP contribution in [0.1, 0.15) is 49.0 Å². The van der Waals surface area contributed by atoms with E-state index in [0.29, 0.717) is 5.92 Å². The van der Waals surface area contributed by atoms with Crippen LogP contribution >= 0.6 is 0 Å². The average Bonchev–Trinajstić information content (AvgIpc) is 2.79. The molecule has 1 aliphatic carbocycles. The minimum atomic E-state index is -0.193. The molecule has 0 saturated heterocycles. The molecule has 4 nitrogen and oxygen atoms in total. The molecular weight excluding hydrogens is 255 g/mol. The number of anilines is 1. The molecule has 1 aliphatic heterocycles. The second-order valence-electron chi connectivity index (χ2n) is 5.65. The van der Waals surface area contributed by atoms with E-state index >= 15 is 0 Å². The Balaban J connectivity index is 1.72. The van der Waals surface area contributed by atoms with Crippen molar-refractivity contribution in [3.8, 4) is 0 Å². The van der Waals surface area contributed by atoms with Crippen molar-refractivity contribution in [3.05, 3.63) is 41.5 Å². The minimum absolute atomic E-state index is 0.0864. The van der Waals surface area contributed by atoms with Gasteiger partial charge in [-0.3, -0.25) is 0 Å². The molecule has 1 atom stereocenters. The van der Waals surface area contributed by atoms with Crippen LogP contribution in [0.5, 0.6) is 0 Å². The van der Waals surface area contributed by atoms with Crippen LogP contribution in [0.3, 0.4) is 0 Å². The molecular formula is C15H17FN4. The number of aromatic nitrogens is 3. The molecule has 1 N–H and O–H groups in total. The Kier molecular flexibility index (Phi) is 2.72. The summed E-state index contributed by atoms with van der Waals surface area (Å²) in [6.07, 6.45) is 4.56. The van der Waals surface area contributed by atoms with Gasteiger partial charge in [0.15, 0.2) is 5.82 Å². The van der Waals surface area contributed by atoms with Gasteiger partial charge in [0, 0.05) is 12.5 Å². The lowest BCUT2D eigenvalue weighted by Crippen LogP contribution is -2.24. The number of rotatable bonds is 2. The van der Waals surface area contributed by atoms with Crippen LogP contribution in [-0.2, 0) is 0 Å². The molecule has 5 heteroatoms. The highest BCUT2D eigenvalue weighted by Gasteiger charge is 2.29. The zero-order valence-corrected chi connectivity index (χ0v) is 11.2. The molecule has 4 rings (SSSR count). The topological polar surface area (TPSA) is 42.7 Å². The normalized spacial score (nSPS) is 21.9. The lowest BCUT2D eigenvalue weighted by molar-refractivity contribution is 0.393. The van der Waals surface area contributed by atoms with Crippen molar-refractivity contribution in [3.63, 3.8) is 0 Å². The lowest BCUT2D eigenvalue weighted by Gasteiger charge is -2.25. The van der Waals surface area contributed by atoms with E-state index in [1.165, 1.54) is 25.3 Å². The van der Waals surface area contributed by atoms with Crippen molar-refractivity contribution in [2.45, 2.75) is 37.6 Å². The largest absolute Gasteiger partial charge is 0.354 e. The third-order valence-electron chi connectivity index (χ3n) is 4.35. The standard InChI is InChI=1S/C15H17FN4/c16-12-6-2-5-11(9-12)13-7-8-17-15-18-14(19-20(13)15)10-3-1-4-10/h2,5-6,9-10,13H,1,3-4,7-8H2,(H,17,18,19). The molecule has 0 radical (unpaired) electrons. The second kappa shape index (κ2) is 4.58. The maximum atomic E-state index is 13.4.